The molecule has 1 aliphatic rings. The molecule has 0 fully saturated rings. The quantitative estimate of drug-likeness (QED) is 0.314. The van der Waals surface area contributed by atoms with Crippen molar-refractivity contribution in [1.82, 2.24) is 0 Å². The average Bonchev–Trinajstić information content (AvgIpc) is 2.87. The highest BCUT2D eigenvalue weighted by atomic mass is 35.5. The molecule has 5 rings (SSSR count). The van der Waals surface area contributed by atoms with Crippen LogP contribution in [0.1, 0.15) is 31.1 Å². The van der Waals surface area contributed by atoms with Gasteiger partial charge in [-0.25, -0.2) is 9.69 Å². The maximum Gasteiger partial charge on any atom is 0.338 e. The van der Waals surface area contributed by atoms with E-state index in [0.717, 1.165) is 10.3 Å². The third kappa shape index (κ3) is 4.13. The summed E-state index contributed by atoms with van der Waals surface area (Å²) in [6.07, 6.45) is 0. The number of imide groups is 1. The Hall–Kier alpha value is -4.49. The van der Waals surface area contributed by atoms with Crippen LogP contribution in [0.25, 0.3) is 10.8 Å². The minimum atomic E-state index is -0.725. The molecule has 1 heterocycles. The van der Waals surface area contributed by atoms with Crippen LogP contribution < -0.4 is 10.2 Å². The monoisotopic (exact) mass is 484 g/mol. The van der Waals surface area contributed by atoms with Gasteiger partial charge in [-0.15, -0.1) is 0 Å². The van der Waals surface area contributed by atoms with Crippen LogP contribution in [0.2, 0.25) is 5.02 Å². The number of hydrogen-bond acceptors (Lipinski definition) is 5. The third-order valence-corrected chi connectivity index (χ3v) is 5.94. The minimum Gasteiger partial charge on any atom is -0.452 e. The van der Waals surface area contributed by atoms with E-state index >= 15 is 0 Å². The molecule has 0 aliphatic carbocycles. The molecule has 0 unspecified atom stereocenters. The van der Waals surface area contributed by atoms with Gasteiger partial charge in [-0.05, 0) is 53.9 Å². The number of nitrogens with zero attached hydrogens (tertiary/aromatic N) is 1. The zero-order valence-corrected chi connectivity index (χ0v) is 18.9. The van der Waals surface area contributed by atoms with E-state index in [0.29, 0.717) is 32.9 Å². The first-order valence-corrected chi connectivity index (χ1v) is 11.0. The molecule has 0 spiro atoms. The van der Waals surface area contributed by atoms with Crippen molar-refractivity contribution >= 4 is 57.4 Å². The number of nitrogens with one attached hydrogen (secondary N) is 1. The fourth-order valence-corrected chi connectivity index (χ4v) is 4.16. The second-order valence-electron chi connectivity index (χ2n) is 7.81. The van der Waals surface area contributed by atoms with Gasteiger partial charge >= 0.3 is 5.97 Å². The van der Waals surface area contributed by atoms with E-state index in [1.165, 1.54) is 24.3 Å². The van der Waals surface area contributed by atoms with Gasteiger partial charge < -0.3 is 10.1 Å². The molecular formula is C27H17ClN2O5. The van der Waals surface area contributed by atoms with Crippen LogP contribution in [0.3, 0.4) is 0 Å². The van der Waals surface area contributed by atoms with Crippen LogP contribution in [-0.4, -0.2) is 30.3 Å². The first-order chi connectivity index (χ1) is 16.9. The van der Waals surface area contributed by atoms with Crippen molar-refractivity contribution in [3.8, 4) is 0 Å². The fourth-order valence-electron chi connectivity index (χ4n) is 3.97. The van der Waals surface area contributed by atoms with E-state index < -0.39 is 30.3 Å². The summed E-state index contributed by atoms with van der Waals surface area (Å²) in [5, 5.41) is 4.38. The third-order valence-electron chi connectivity index (χ3n) is 5.62. The molecule has 7 nitrogen and oxygen atoms in total. The number of hydrogen-bond donors (Lipinski definition) is 1. The van der Waals surface area contributed by atoms with Crippen molar-refractivity contribution in [2.75, 3.05) is 16.8 Å². The van der Waals surface area contributed by atoms with Gasteiger partial charge in [0.1, 0.15) is 0 Å². The second-order valence-corrected chi connectivity index (χ2v) is 8.21. The Bertz CT molecular complexity index is 1460. The van der Waals surface area contributed by atoms with Crippen LogP contribution in [0, 0.1) is 0 Å². The van der Waals surface area contributed by atoms with Gasteiger partial charge in [0.15, 0.2) is 6.61 Å². The summed E-state index contributed by atoms with van der Waals surface area (Å²) in [5.74, 6) is -2.14. The van der Waals surface area contributed by atoms with Gasteiger partial charge in [-0.3, -0.25) is 14.4 Å². The van der Waals surface area contributed by atoms with Crippen molar-refractivity contribution in [3.05, 3.63) is 107 Å². The molecule has 1 N–H and O–H groups in total. The Kier molecular flexibility index (Phi) is 5.76. The largest absolute Gasteiger partial charge is 0.452 e. The Morgan fingerprint density at radius 2 is 1.43 bits per heavy atom. The topological polar surface area (TPSA) is 92.8 Å². The van der Waals surface area contributed by atoms with Crippen LogP contribution in [0.4, 0.5) is 11.4 Å². The van der Waals surface area contributed by atoms with E-state index in [2.05, 4.69) is 5.32 Å². The SMILES string of the molecule is O=C(COC(=O)c1ccc(N2C(=O)c3cccc4cccc(c34)C2=O)cc1)Nc1ccccc1Cl. The molecule has 0 saturated carbocycles. The number of rotatable bonds is 5. The lowest BCUT2D eigenvalue weighted by Crippen LogP contribution is -2.40. The van der Waals surface area contributed by atoms with Gasteiger partial charge in [-0.2, -0.15) is 0 Å². The van der Waals surface area contributed by atoms with Crippen LogP contribution in [-0.2, 0) is 9.53 Å². The summed E-state index contributed by atoms with van der Waals surface area (Å²) in [6.45, 7) is -0.504. The molecule has 172 valence electrons. The molecule has 3 amide bonds. The second kappa shape index (κ2) is 9.04. The first kappa shape index (κ1) is 22.3. The number of carbonyl (C=O) groups excluding carboxylic acids is 4. The molecule has 8 heteroatoms. The summed E-state index contributed by atoms with van der Waals surface area (Å²) in [5.41, 5.74) is 1.77. The summed E-state index contributed by atoms with van der Waals surface area (Å²) >= 11 is 6.00. The lowest BCUT2D eigenvalue weighted by Gasteiger charge is -2.27. The maximum atomic E-state index is 13.1. The van der Waals surface area contributed by atoms with Crippen molar-refractivity contribution in [2.45, 2.75) is 0 Å². The summed E-state index contributed by atoms with van der Waals surface area (Å²) in [7, 11) is 0. The van der Waals surface area contributed by atoms with E-state index in [9.17, 15) is 19.2 Å². The summed E-state index contributed by atoms with van der Waals surface area (Å²) < 4.78 is 5.07. The number of benzene rings is 4. The zero-order chi connectivity index (χ0) is 24.5. The van der Waals surface area contributed by atoms with Gasteiger partial charge in [0, 0.05) is 16.5 Å². The highest BCUT2D eigenvalue weighted by Crippen LogP contribution is 2.32. The predicted molar refractivity (Wildman–Crippen MR) is 132 cm³/mol. The number of para-hydroxylation sites is 1. The van der Waals surface area contributed by atoms with Crippen molar-refractivity contribution in [1.29, 1.82) is 0 Å². The number of halogens is 1. The van der Waals surface area contributed by atoms with E-state index in [4.69, 9.17) is 16.3 Å². The number of esters is 1. The lowest BCUT2D eigenvalue weighted by molar-refractivity contribution is -0.119. The summed E-state index contributed by atoms with van der Waals surface area (Å²) in [6, 6.07) is 23.2. The number of anilines is 2. The molecule has 35 heavy (non-hydrogen) atoms. The molecule has 4 aromatic carbocycles. The van der Waals surface area contributed by atoms with Gasteiger partial charge in [0.05, 0.1) is 22.0 Å². The van der Waals surface area contributed by atoms with E-state index in [1.54, 1.807) is 48.5 Å². The lowest BCUT2D eigenvalue weighted by atomic mass is 9.94. The van der Waals surface area contributed by atoms with Crippen LogP contribution >= 0.6 is 11.6 Å². The van der Waals surface area contributed by atoms with Crippen molar-refractivity contribution in [3.63, 3.8) is 0 Å². The van der Waals surface area contributed by atoms with Crippen molar-refractivity contribution in [2.24, 2.45) is 0 Å². The van der Waals surface area contributed by atoms with Gasteiger partial charge in [-0.1, -0.05) is 48.0 Å². The zero-order valence-electron chi connectivity index (χ0n) is 18.2. The molecule has 4 aromatic rings. The number of carbonyl (C=O) groups is 4. The Morgan fingerprint density at radius 3 is 2.06 bits per heavy atom. The van der Waals surface area contributed by atoms with Crippen LogP contribution in [0.15, 0.2) is 84.9 Å². The van der Waals surface area contributed by atoms with E-state index in [1.807, 2.05) is 12.1 Å². The molecule has 0 atom stereocenters. The average molecular weight is 485 g/mol. The van der Waals surface area contributed by atoms with E-state index in [-0.39, 0.29) is 5.56 Å². The minimum absolute atomic E-state index is 0.165. The molecule has 0 radical (unpaired) electrons. The highest BCUT2D eigenvalue weighted by molar-refractivity contribution is 6.36. The van der Waals surface area contributed by atoms with Gasteiger partial charge in [0.25, 0.3) is 17.7 Å². The smallest absolute Gasteiger partial charge is 0.338 e. The Labute approximate surface area is 204 Å². The number of ether oxygens (including phenoxy) is 1. The first-order valence-electron chi connectivity index (χ1n) is 10.7. The molecule has 1 aliphatic heterocycles. The highest BCUT2D eigenvalue weighted by Gasteiger charge is 2.33. The van der Waals surface area contributed by atoms with Crippen molar-refractivity contribution < 1.29 is 23.9 Å². The Balaban J connectivity index is 1.29. The molecular weight excluding hydrogens is 468 g/mol. The molecule has 0 bridgehead atoms. The molecule has 0 aromatic heterocycles. The predicted octanol–water partition coefficient (Wildman–Crippen LogP) is 5.09. The standard InChI is InChI=1S/C27H17ClN2O5/c28-21-9-1-2-10-22(21)29-23(31)15-35-27(34)17-11-13-18(14-12-17)30-25(32)19-7-3-5-16-6-4-8-20(24(16)19)26(30)33/h1-14H,15H2,(H,29,31). The van der Waals surface area contributed by atoms with Crippen LogP contribution in [0.5, 0.6) is 0 Å². The summed E-state index contributed by atoms with van der Waals surface area (Å²) in [4.78, 5) is 51.9. The normalized spacial score (nSPS) is 12.5. The molecule has 0 saturated heterocycles. The number of amides is 3. The fraction of sp³-hybridized carbons (Fsp3) is 0.0370. The van der Waals surface area contributed by atoms with Gasteiger partial charge in [0.2, 0.25) is 0 Å². The maximum absolute atomic E-state index is 13.1. The Morgan fingerprint density at radius 1 is 0.800 bits per heavy atom.